The summed E-state index contributed by atoms with van der Waals surface area (Å²) in [5.74, 6) is -1.03. The van der Waals surface area contributed by atoms with E-state index >= 15 is 0 Å². The van der Waals surface area contributed by atoms with E-state index in [1.807, 2.05) is 12.1 Å². The molecule has 1 saturated carbocycles. The van der Waals surface area contributed by atoms with Crippen molar-refractivity contribution >= 4 is 27.4 Å². The number of nitrogens with zero attached hydrogens (tertiary/aromatic N) is 5. The molecule has 1 aliphatic heterocycles. The molecular weight excluding hydrogens is 444 g/mol. The van der Waals surface area contributed by atoms with Gasteiger partial charge in [0, 0.05) is 13.1 Å². The van der Waals surface area contributed by atoms with E-state index in [1.165, 1.54) is 23.1 Å². The van der Waals surface area contributed by atoms with Gasteiger partial charge in [0.15, 0.2) is 0 Å². The van der Waals surface area contributed by atoms with Gasteiger partial charge in [-0.05, 0) is 84.3 Å². The number of carboxylic acid groups (broad SMARTS) is 1. The van der Waals surface area contributed by atoms with Crippen molar-refractivity contribution in [3.05, 3.63) is 53.9 Å². The third-order valence-electron chi connectivity index (χ3n) is 6.10. The highest BCUT2D eigenvalue weighted by Gasteiger charge is 2.32. The average molecular weight is 469 g/mol. The standard InChI is InChI=1S/C22H24N6O4S/c29-22(30)16-6-8-18(15-4-5-15)21(12-16)33(31,32)24-19-13-17(28-14-23-25-26-28)7-9-20(19)27-10-2-1-3-11-27/h6-9,12-15,24H,1-5,10-11H2,(H,29,30). The van der Waals surface area contributed by atoms with Crippen molar-refractivity contribution in [2.75, 3.05) is 22.7 Å². The van der Waals surface area contributed by atoms with Crippen molar-refractivity contribution in [1.29, 1.82) is 0 Å². The summed E-state index contributed by atoms with van der Waals surface area (Å²) in [6.07, 6.45) is 6.44. The van der Waals surface area contributed by atoms with Crippen molar-refractivity contribution in [3.63, 3.8) is 0 Å². The SMILES string of the molecule is O=C(O)c1ccc(C2CC2)c(S(=O)(=O)Nc2cc(-n3cnnn3)ccc2N2CCCCC2)c1. The number of hydrogen-bond donors (Lipinski definition) is 2. The summed E-state index contributed by atoms with van der Waals surface area (Å²) in [5.41, 5.74) is 2.40. The number of carbonyl (C=O) groups is 1. The van der Waals surface area contributed by atoms with Gasteiger partial charge >= 0.3 is 5.97 Å². The van der Waals surface area contributed by atoms with E-state index in [9.17, 15) is 18.3 Å². The second kappa shape index (κ2) is 8.47. The van der Waals surface area contributed by atoms with Crippen LogP contribution < -0.4 is 9.62 Å². The van der Waals surface area contributed by atoms with Crippen LogP contribution in [0, 0.1) is 0 Å². The highest BCUT2D eigenvalue weighted by atomic mass is 32.2. The number of sulfonamides is 1. The first-order valence-electron chi connectivity index (χ1n) is 10.9. The second-order valence-electron chi connectivity index (χ2n) is 8.44. The van der Waals surface area contributed by atoms with Crippen molar-refractivity contribution in [1.82, 2.24) is 20.2 Å². The molecule has 172 valence electrons. The Balaban J connectivity index is 1.58. The molecule has 1 aromatic heterocycles. The molecule has 2 aliphatic rings. The molecule has 0 atom stereocenters. The van der Waals surface area contributed by atoms with E-state index in [0.717, 1.165) is 50.9 Å². The van der Waals surface area contributed by atoms with E-state index in [2.05, 4.69) is 25.1 Å². The number of tetrazole rings is 1. The number of aromatic nitrogens is 4. The third kappa shape index (κ3) is 4.40. The molecule has 33 heavy (non-hydrogen) atoms. The Morgan fingerprint density at radius 2 is 1.85 bits per heavy atom. The van der Waals surface area contributed by atoms with Gasteiger partial charge in [0.25, 0.3) is 10.0 Å². The molecule has 0 bridgehead atoms. The van der Waals surface area contributed by atoms with Crippen LogP contribution in [0.1, 0.15) is 53.9 Å². The van der Waals surface area contributed by atoms with Crippen LogP contribution >= 0.6 is 0 Å². The maximum Gasteiger partial charge on any atom is 0.335 e. The van der Waals surface area contributed by atoms with Crippen LogP contribution in [0.25, 0.3) is 5.69 Å². The lowest BCUT2D eigenvalue weighted by atomic mass is 10.1. The zero-order valence-corrected chi connectivity index (χ0v) is 18.7. The Morgan fingerprint density at radius 3 is 2.52 bits per heavy atom. The summed E-state index contributed by atoms with van der Waals surface area (Å²) in [5, 5.41) is 20.6. The van der Waals surface area contributed by atoms with Crippen LogP contribution in [-0.4, -0.2) is 52.8 Å². The topological polar surface area (TPSA) is 130 Å². The molecule has 3 aromatic rings. The number of carboxylic acids is 1. The fourth-order valence-electron chi connectivity index (χ4n) is 4.27. The van der Waals surface area contributed by atoms with E-state index in [1.54, 1.807) is 12.1 Å². The van der Waals surface area contributed by atoms with Gasteiger partial charge in [0.2, 0.25) is 0 Å². The zero-order valence-electron chi connectivity index (χ0n) is 17.9. The lowest BCUT2D eigenvalue weighted by Crippen LogP contribution is -2.30. The number of benzene rings is 2. The largest absolute Gasteiger partial charge is 0.478 e. The molecule has 11 heteroatoms. The number of rotatable bonds is 7. The maximum atomic E-state index is 13.6. The van der Waals surface area contributed by atoms with Crippen LogP contribution in [0.15, 0.2) is 47.6 Å². The van der Waals surface area contributed by atoms with E-state index < -0.39 is 16.0 Å². The summed E-state index contributed by atoms with van der Waals surface area (Å²) >= 11 is 0. The molecule has 1 aliphatic carbocycles. The highest BCUT2D eigenvalue weighted by Crippen LogP contribution is 2.43. The molecule has 2 aromatic carbocycles. The van der Waals surface area contributed by atoms with Gasteiger partial charge in [0.1, 0.15) is 6.33 Å². The molecule has 2 N–H and O–H groups in total. The minimum Gasteiger partial charge on any atom is -0.478 e. The van der Waals surface area contributed by atoms with Gasteiger partial charge in [-0.25, -0.2) is 17.9 Å². The molecule has 0 radical (unpaired) electrons. The molecule has 1 saturated heterocycles. The second-order valence-corrected chi connectivity index (χ2v) is 10.1. The zero-order chi connectivity index (χ0) is 23.0. The lowest BCUT2D eigenvalue weighted by Gasteiger charge is -2.31. The molecule has 0 spiro atoms. The van der Waals surface area contributed by atoms with Gasteiger partial charge in [-0.1, -0.05) is 6.07 Å². The minimum atomic E-state index is -4.05. The quantitative estimate of drug-likeness (QED) is 0.541. The Bertz CT molecular complexity index is 1280. The molecule has 5 rings (SSSR count). The summed E-state index contributed by atoms with van der Waals surface area (Å²) in [6.45, 7) is 1.67. The summed E-state index contributed by atoms with van der Waals surface area (Å²) in [4.78, 5) is 13.7. The fourth-order valence-corrected chi connectivity index (χ4v) is 5.66. The predicted octanol–water partition coefficient (Wildman–Crippen LogP) is 3.03. The van der Waals surface area contributed by atoms with Gasteiger partial charge < -0.3 is 10.0 Å². The van der Waals surface area contributed by atoms with Crippen LogP contribution in [-0.2, 0) is 10.0 Å². The van der Waals surface area contributed by atoms with Gasteiger partial charge in [-0.3, -0.25) is 4.72 Å². The number of aromatic carboxylic acids is 1. The van der Waals surface area contributed by atoms with E-state index in [4.69, 9.17) is 0 Å². The number of piperidine rings is 1. The van der Waals surface area contributed by atoms with Gasteiger partial charge in [-0.2, -0.15) is 0 Å². The smallest absolute Gasteiger partial charge is 0.335 e. The van der Waals surface area contributed by atoms with Crippen molar-refractivity contribution < 1.29 is 18.3 Å². The average Bonchev–Trinajstić information content (AvgIpc) is 3.52. The Kier molecular flexibility index (Phi) is 5.49. The first-order chi connectivity index (χ1) is 15.9. The summed E-state index contributed by atoms with van der Waals surface area (Å²) < 4.78 is 31.4. The molecule has 2 heterocycles. The van der Waals surface area contributed by atoms with Crippen LogP contribution in [0.5, 0.6) is 0 Å². The lowest BCUT2D eigenvalue weighted by molar-refractivity contribution is 0.0696. The van der Waals surface area contributed by atoms with Gasteiger partial charge in [0.05, 0.1) is 27.5 Å². The third-order valence-corrected chi connectivity index (χ3v) is 7.52. The van der Waals surface area contributed by atoms with Crippen molar-refractivity contribution in [2.45, 2.75) is 42.9 Å². The molecule has 10 nitrogen and oxygen atoms in total. The van der Waals surface area contributed by atoms with E-state index in [-0.39, 0.29) is 16.4 Å². The highest BCUT2D eigenvalue weighted by molar-refractivity contribution is 7.92. The van der Waals surface area contributed by atoms with Crippen molar-refractivity contribution in [2.24, 2.45) is 0 Å². The van der Waals surface area contributed by atoms with E-state index in [0.29, 0.717) is 16.9 Å². The molecule has 0 unspecified atom stereocenters. The first-order valence-corrected chi connectivity index (χ1v) is 12.4. The fraction of sp³-hybridized carbons (Fsp3) is 0.364. The summed E-state index contributed by atoms with van der Waals surface area (Å²) in [6, 6.07) is 9.76. The normalized spacial score (nSPS) is 16.5. The maximum absolute atomic E-state index is 13.6. The van der Waals surface area contributed by atoms with Crippen LogP contribution in [0.2, 0.25) is 0 Å². The molecular formula is C22H24N6O4S. The summed E-state index contributed by atoms with van der Waals surface area (Å²) in [7, 11) is -4.05. The van der Waals surface area contributed by atoms with Crippen LogP contribution in [0.3, 0.4) is 0 Å². The van der Waals surface area contributed by atoms with Crippen molar-refractivity contribution in [3.8, 4) is 5.69 Å². The Morgan fingerprint density at radius 1 is 1.06 bits per heavy atom. The number of anilines is 2. The van der Waals surface area contributed by atoms with Gasteiger partial charge in [-0.15, -0.1) is 5.10 Å². The first kappa shape index (κ1) is 21.4. The number of hydrogen-bond acceptors (Lipinski definition) is 7. The minimum absolute atomic E-state index is 0.0160. The molecule has 2 fully saturated rings. The predicted molar refractivity (Wildman–Crippen MR) is 121 cm³/mol. The Hall–Kier alpha value is -3.47. The Labute approximate surface area is 191 Å². The number of nitrogens with one attached hydrogen (secondary N) is 1. The monoisotopic (exact) mass is 468 g/mol. The molecule has 0 amide bonds. The van der Waals surface area contributed by atoms with Crippen LogP contribution in [0.4, 0.5) is 11.4 Å².